The van der Waals surface area contributed by atoms with E-state index in [9.17, 15) is 9.59 Å². The molecule has 18 heavy (non-hydrogen) atoms. The average molecular weight is 259 g/mol. The largest absolute Gasteiger partial charge is 0.481 e. The lowest BCUT2D eigenvalue weighted by molar-refractivity contribution is -0.138. The Morgan fingerprint density at radius 1 is 1.33 bits per heavy atom. The average Bonchev–Trinajstić information content (AvgIpc) is 2.10. The van der Waals surface area contributed by atoms with Gasteiger partial charge in [-0.25, -0.2) is 4.79 Å². The minimum absolute atomic E-state index is 0.0164. The molecule has 0 spiro atoms. The number of amides is 1. The maximum absolute atomic E-state index is 11.6. The van der Waals surface area contributed by atoms with Crippen molar-refractivity contribution in [1.82, 2.24) is 4.90 Å². The highest BCUT2D eigenvalue weighted by Gasteiger charge is 2.33. The molecule has 1 rings (SSSR count). The summed E-state index contributed by atoms with van der Waals surface area (Å²) in [5.41, 5.74) is -0.472. The molecule has 1 saturated heterocycles. The van der Waals surface area contributed by atoms with Gasteiger partial charge in [0.15, 0.2) is 0 Å². The molecular formula is C12H21NO5. The predicted molar refractivity (Wildman–Crippen MR) is 64.4 cm³/mol. The highest BCUT2D eigenvalue weighted by Crippen LogP contribution is 2.19. The van der Waals surface area contributed by atoms with Crippen molar-refractivity contribution in [3.05, 3.63) is 0 Å². The van der Waals surface area contributed by atoms with Crippen LogP contribution in [0, 0.1) is 5.92 Å². The molecule has 1 N–H and O–H groups in total. The van der Waals surface area contributed by atoms with E-state index in [-0.39, 0.29) is 25.0 Å². The molecule has 0 aliphatic carbocycles. The van der Waals surface area contributed by atoms with Crippen LogP contribution < -0.4 is 0 Å². The fourth-order valence-corrected chi connectivity index (χ4v) is 1.56. The third kappa shape index (κ3) is 5.35. The van der Waals surface area contributed by atoms with Crippen LogP contribution in [-0.2, 0) is 14.3 Å². The summed E-state index contributed by atoms with van der Waals surface area (Å²) in [5.74, 6) is -0.578. The molecule has 0 aromatic heterocycles. The van der Waals surface area contributed by atoms with Crippen molar-refractivity contribution in [2.24, 2.45) is 5.92 Å². The van der Waals surface area contributed by atoms with E-state index in [1.54, 1.807) is 4.90 Å². The van der Waals surface area contributed by atoms with Crippen molar-refractivity contribution >= 4 is 12.1 Å². The van der Waals surface area contributed by atoms with Crippen molar-refractivity contribution in [3.63, 3.8) is 0 Å². The van der Waals surface area contributed by atoms with Crippen LogP contribution in [0.3, 0.4) is 0 Å². The summed E-state index contributed by atoms with van der Waals surface area (Å²) in [6.07, 6.45) is -0.285. The van der Waals surface area contributed by atoms with E-state index in [0.717, 1.165) is 0 Å². The van der Waals surface area contributed by atoms with Gasteiger partial charge in [-0.05, 0) is 20.8 Å². The monoisotopic (exact) mass is 259 g/mol. The van der Waals surface area contributed by atoms with Gasteiger partial charge in [0, 0.05) is 19.0 Å². The van der Waals surface area contributed by atoms with Crippen LogP contribution >= 0.6 is 0 Å². The van der Waals surface area contributed by atoms with E-state index in [2.05, 4.69) is 0 Å². The number of aliphatic carboxylic acids is 1. The first-order valence-electron chi connectivity index (χ1n) is 6.05. The quantitative estimate of drug-likeness (QED) is 0.754. The fraction of sp³-hybridized carbons (Fsp3) is 0.833. The molecule has 1 aliphatic heterocycles. The maximum Gasteiger partial charge on any atom is 0.410 e. The number of hydrogen-bond donors (Lipinski definition) is 1. The minimum atomic E-state index is -0.862. The summed E-state index contributed by atoms with van der Waals surface area (Å²) in [6, 6.07) is 0. The second-order valence-electron chi connectivity index (χ2n) is 5.47. The van der Waals surface area contributed by atoms with E-state index in [4.69, 9.17) is 14.6 Å². The zero-order chi connectivity index (χ0) is 13.8. The summed E-state index contributed by atoms with van der Waals surface area (Å²) >= 11 is 0. The molecule has 6 nitrogen and oxygen atoms in total. The number of rotatable bonds is 5. The lowest BCUT2D eigenvalue weighted by Crippen LogP contribution is -2.53. The summed E-state index contributed by atoms with van der Waals surface area (Å²) < 4.78 is 10.4. The Labute approximate surface area is 107 Å². The molecule has 0 atom stereocenters. The van der Waals surface area contributed by atoms with Gasteiger partial charge in [0.25, 0.3) is 0 Å². The second-order valence-corrected chi connectivity index (χ2v) is 5.47. The van der Waals surface area contributed by atoms with E-state index in [1.807, 2.05) is 20.8 Å². The van der Waals surface area contributed by atoms with E-state index >= 15 is 0 Å². The SMILES string of the molecule is CC(C)(C)OC(=O)N1CC(COCCC(=O)O)C1. The first-order chi connectivity index (χ1) is 8.28. The topological polar surface area (TPSA) is 76.1 Å². The molecule has 1 fully saturated rings. The van der Waals surface area contributed by atoms with Gasteiger partial charge in [-0.15, -0.1) is 0 Å². The van der Waals surface area contributed by atoms with Crippen molar-refractivity contribution in [1.29, 1.82) is 0 Å². The molecule has 0 saturated carbocycles. The first kappa shape index (κ1) is 14.8. The Balaban J connectivity index is 2.09. The number of carbonyl (C=O) groups is 2. The third-order valence-electron chi connectivity index (χ3n) is 2.42. The molecule has 0 bridgehead atoms. The van der Waals surface area contributed by atoms with E-state index in [0.29, 0.717) is 19.7 Å². The number of carboxylic acids is 1. The van der Waals surface area contributed by atoms with Crippen molar-refractivity contribution in [2.75, 3.05) is 26.3 Å². The van der Waals surface area contributed by atoms with Gasteiger partial charge >= 0.3 is 12.1 Å². The van der Waals surface area contributed by atoms with Gasteiger partial charge in [-0.3, -0.25) is 4.79 Å². The standard InChI is InChI=1S/C12H21NO5/c1-12(2,3)18-11(16)13-6-9(7-13)8-17-5-4-10(14)15/h9H,4-8H2,1-3H3,(H,14,15). The normalized spacial score (nSPS) is 16.3. The number of nitrogens with zero attached hydrogens (tertiary/aromatic N) is 1. The number of hydrogen-bond acceptors (Lipinski definition) is 4. The lowest BCUT2D eigenvalue weighted by Gasteiger charge is -2.39. The first-order valence-corrected chi connectivity index (χ1v) is 6.05. The Morgan fingerprint density at radius 2 is 1.94 bits per heavy atom. The summed E-state index contributed by atoms with van der Waals surface area (Å²) in [7, 11) is 0. The van der Waals surface area contributed by atoms with Crippen LogP contribution in [0.25, 0.3) is 0 Å². The van der Waals surface area contributed by atoms with Crippen LogP contribution in [-0.4, -0.2) is 54.0 Å². The lowest BCUT2D eigenvalue weighted by atomic mass is 10.0. The Morgan fingerprint density at radius 3 is 2.44 bits per heavy atom. The van der Waals surface area contributed by atoms with Crippen molar-refractivity contribution in [3.8, 4) is 0 Å². The highest BCUT2D eigenvalue weighted by atomic mass is 16.6. The minimum Gasteiger partial charge on any atom is -0.481 e. The Bertz CT molecular complexity index is 304. The number of ether oxygens (including phenoxy) is 2. The molecule has 1 heterocycles. The van der Waals surface area contributed by atoms with Gasteiger partial charge in [-0.1, -0.05) is 0 Å². The zero-order valence-corrected chi connectivity index (χ0v) is 11.1. The Hall–Kier alpha value is -1.30. The number of likely N-dealkylation sites (tertiary alicyclic amines) is 1. The molecule has 6 heteroatoms. The molecule has 104 valence electrons. The predicted octanol–water partition coefficient (Wildman–Crippen LogP) is 1.34. The molecular weight excluding hydrogens is 238 g/mol. The van der Waals surface area contributed by atoms with Crippen LogP contribution in [0.2, 0.25) is 0 Å². The van der Waals surface area contributed by atoms with Crippen LogP contribution in [0.15, 0.2) is 0 Å². The zero-order valence-electron chi connectivity index (χ0n) is 11.1. The smallest absolute Gasteiger partial charge is 0.410 e. The summed E-state index contributed by atoms with van der Waals surface area (Å²) in [4.78, 5) is 23.5. The molecule has 1 aliphatic rings. The molecule has 1 amide bonds. The van der Waals surface area contributed by atoms with Gasteiger partial charge < -0.3 is 19.5 Å². The highest BCUT2D eigenvalue weighted by molar-refractivity contribution is 5.69. The van der Waals surface area contributed by atoms with Crippen molar-refractivity contribution in [2.45, 2.75) is 32.8 Å². The van der Waals surface area contributed by atoms with Gasteiger partial charge in [0.1, 0.15) is 5.60 Å². The maximum atomic E-state index is 11.6. The molecule has 0 unspecified atom stereocenters. The number of carboxylic acid groups (broad SMARTS) is 1. The van der Waals surface area contributed by atoms with Crippen LogP contribution in [0.1, 0.15) is 27.2 Å². The summed E-state index contributed by atoms with van der Waals surface area (Å²) in [5, 5.41) is 8.42. The molecule has 0 aromatic carbocycles. The molecule has 0 aromatic rings. The van der Waals surface area contributed by atoms with Gasteiger partial charge in [-0.2, -0.15) is 0 Å². The molecule has 0 radical (unpaired) electrons. The van der Waals surface area contributed by atoms with Gasteiger partial charge in [0.05, 0.1) is 19.6 Å². The fourth-order valence-electron chi connectivity index (χ4n) is 1.56. The van der Waals surface area contributed by atoms with Crippen LogP contribution in [0.5, 0.6) is 0 Å². The van der Waals surface area contributed by atoms with Gasteiger partial charge in [0.2, 0.25) is 0 Å². The van der Waals surface area contributed by atoms with E-state index < -0.39 is 11.6 Å². The number of carbonyl (C=O) groups excluding carboxylic acids is 1. The Kier molecular flexibility index (Phi) is 4.95. The third-order valence-corrected chi connectivity index (χ3v) is 2.42. The van der Waals surface area contributed by atoms with Crippen LogP contribution in [0.4, 0.5) is 4.79 Å². The second kappa shape index (κ2) is 6.04. The van der Waals surface area contributed by atoms with E-state index in [1.165, 1.54) is 0 Å². The van der Waals surface area contributed by atoms with Crippen molar-refractivity contribution < 1.29 is 24.2 Å². The summed E-state index contributed by atoms with van der Waals surface area (Å²) in [6.45, 7) is 7.43.